The van der Waals surface area contributed by atoms with Gasteiger partial charge in [0.1, 0.15) is 17.9 Å². The monoisotopic (exact) mass is 374 g/mol. The fraction of sp³-hybridized carbons (Fsp3) is 0.348. The summed E-state index contributed by atoms with van der Waals surface area (Å²) in [4.78, 5) is 22.5. The number of carbonyl (C=O) groups is 1. The summed E-state index contributed by atoms with van der Waals surface area (Å²) in [6.45, 7) is 8.07. The predicted octanol–water partition coefficient (Wildman–Crippen LogP) is 4.49. The Morgan fingerprint density at radius 2 is 1.89 bits per heavy atom. The first-order valence-electron chi connectivity index (χ1n) is 9.94. The van der Waals surface area contributed by atoms with Crippen molar-refractivity contribution < 1.29 is 4.79 Å². The Labute approximate surface area is 165 Å². The normalized spacial score (nSPS) is 20.3. The first-order chi connectivity index (χ1) is 13.6. The molecular formula is C23H26N4O. The Bertz CT molecular complexity index is 954. The van der Waals surface area contributed by atoms with Crippen molar-refractivity contribution in [1.82, 2.24) is 9.97 Å². The minimum Gasteiger partial charge on any atom is -0.357 e. The third kappa shape index (κ3) is 3.98. The van der Waals surface area contributed by atoms with Gasteiger partial charge in [-0.05, 0) is 54.7 Å². The van der Waals surface area contributed by atoms with Crippen molar-refractivity contribution >= 4 is 29.0 Å². The lowest BCUT2D eigenvalue weighted by Gasteiger charge is -2.32. The molecule has 1 saturated heterocycles. The van der Waals surface area contributed by atoms with Gasteiger partial charge in [0, 0.05) is 31.1 Å². The van der Waals surface area contributed by atoms with Crippen molar-refractivity contribution in [2.75, 3.05) is 23.3 Å². The zero-order valence-corrected chi connectivity index (χ0v) is 16.3. The van der Waals surface area contributed by atoms with Crippen molar-refractivity contribution in [3.63, 3.8) is 0 Å². The molecule has 0 aromatic carbocycles. The third-order valence-electron chi connectivity index (χ3n) is 5.66. The predicted molar refractivity (Wildman–Crippen MR) is 114 cm³/mol. The number of nitrogens with one attached hydrogen (secondary N) is 1. The van der Waals surface area contributed by atoms with E-state index in [0.29, 0.717) is 18.3 Å². The summed E-state index contributed by atoms with van der Waals surface area (Å²) in [5.41, 5.74) is 3.92. The number of fused-ring (bicyclic) bond motifs is 1. The van der Waals surface area contributed by atoms with Gasteiger partial charge in [0.2, 0.25) is 0 Å². The van der Waals surface area contributed by atoms with Crippen LogP contribution in [0.4, 0.5) is 11.6 Å². The zero-order chi connectivity index (χ0) is 19.5. The van der Waals surface area contributed by atoms with Crippen LogP contribution >= 0.6 is 0 Å². The van der Waals surface area contributed by atoms with E-state index in [1.54, 1.807) is 0 Å². The van der Waals surface area contributed by atoms with Crippen LogP contribution in [-0.2, 0) is 4.79 Å². The molecule has 3 heterocycles. The second-order valence-electron chi connectivity index (χ2n) is 7.68. The highest BCUT2D eigenvalue weighted by molar-refractivity contribution is 5.78. The second-order valence-corrected chi connectivity index (χ2v) is 7.68. The summed E-state index contributed by atoms with van der Waals surface area (Å²) in [5, 5.41) is 3.37. The molecule has 1 aliphatic carbocycles. The van der Waals surface area contributed by atoms with Crippen LogP contribution in [0.25, 0.3) is 11.0 Å². The van der Waals surface area contributed by atoms with Crippen molar-refractivity contribution in [3.8, 4) is 0 Å². The molecule has 2 aliphatic rings. The molecule has 0 radical (unpaired) electrons. The molecule has 5 nitrogen and oxygen atoms in total. The second kappa shape index (κ2) is 7.97. The summed E-state index contributed by atoms with van der Waals surface area (Å²) < 4.78 is 0. The molecule has 2 aromatic rings. The van der Waals surface area contributed by atoms with Crippen LogP contribution in [0, 0.1) is 11.8 Å². The lowest BCUT2D eigenvalue weighted by atomic mass is 9.94. The summed E-state index contributed by atoms with van der Waals surface area (Å²) >= 11 is 0. The maximum absolute atomic E-state index is 10.7. The van der Waals surface area contributed by atoms with Crippen LogP contribution in [0.1, 0.15) is 26.2 Å². The van der Waals surface area contributed by atoms with Crippen molar-refractivity contribution in [1.29, 1.82) is 0 Å². The lowest BCUT2D eigenvalue weighted by Crippen LogP contribution is -2.34. The van der Waals surface area contributed by atoms with Gasteiger partial charge in [-0.2, -0.15) is 0 Å². The van der Waals surface area contributed by atoms with Crippen LogP contribution < -0.4 is 10.2 Å². The lowest BCUT2D eigenvalue weighted by molar-refractivity contribution is -0.108. The van der Waals surface area contributed by atoms with Gasteiger partial charge in [-0.15, -0.1) is 0 Å². The maximum Gasteiger partial charge on any atom is 0.131 e. The molecular weight excluding hydrogens is 348 g/mol. The summed E-state index contributed by atoms with van der Waals surface area (Å²) in [7, 11) is 0. The smallest absolute Gasteiger partial charge is 0.131 e. The van der Waals surface area contributed by atoms with Gasteiger partial charge in [-0.3, -0.25) is 0 Å². The van der Waals surface area contributed by atoms with Gasteiger partial charge >= 0.3 is 0 Å². The molecule has 4 rings (SSSR count). The Hall–Kier alpha value is -2.95. The van der Waals surface area contributed by atoms with Gasteiger partial charge in [0.05, 0.1) is 11.0 Å². The highest BCUT2D eigenvalue weighted by atomic mass is 16.1. The van der Waals surface area contributed by atoms with E-state index in [2.05, 4.69) is 29.8 Å². The first-order valence-corrected chi connectivity index (χ1v) is 9.94. The highest BCUT2D eigenvalue weighted by Gasteiger charge is 2.20. The summed E-state index contributed by atoms with van der Waals surface area (Å²) in [5.74, 6) is 2.65. The minimum absolute atomic E-state index is 0.327. The number of rotatable bonds is 5. The van der Waals surface area contributed by atoms with Crippen LogP contribution in [0.15, 0.2) is 60.3 Å². The Balaban J connectivity index is 1.47. The van der Waals surface area contributed by atoms with E-state index in [1.807, 2.05) is 36.4 Å². The quantitative estimate of drug-likeness (QED) is 0.781. The average Bonchev–Trinajstić information content (AvgIpc) is 2.71. The van der Waals surface area contributed by atoms with E-state index in [0.717, 1.165) is 66.2 Å². The van der Waals surface area contributed by atoms with Gasteiger partial charge in [-0.25, -0.2) is 9.97 Å². The summed E-state index contributed by atoms with van der Waals surface area (Å²) in [6, 6.07) is 8.07. The van der Waals surface area contributed by atoms with Crippen molar-refractivity contribution in [3.05, 3.63) is 60.3 Å². The molecule has 144 valence electrons. The van der Waals surface area contributed by atoms with Crippen molar-refractivity contribution in [2.45, 2.75) is 26.2 Å². The number of hydrogen-bond donors (Lipinski definition) is 1. The van der Waals surface area contributed by atoms with E-state index in [9.17, 15) is 4.79 Å². The molecule has 1 fully saturated rings. The molecule has 2 aromatic heterocycles. The molecule has 1 atom stereocenters. The Morgan fingerprint density at radius 1 is 1.14 bits per heavy atom. The number of aromatic nitrogens is 2. The SMILES string of the molecule is C=C1C=CC(Nc2ccc3nc(N4CCC(CC=O)CC4)ccc3n2)=CC1C. The molecule has 5 heteroatoms. The molecule has 1 unspecified atom stereocenters. The number of anilines is 2. The molecule has 0 amide bonds. The van der Waals surface area contributed by atoms with Gasteiger partial charge in [0.15, 0.2) is 0 Å². The van der Waals surface area contributed by atoms with Crippen molar-refractivity contribution in [2.24, 2.45) is 11.8 Å². The Morgan fingerprint density at radius 3 is 2.64 bits per heavy atom. The van der Waals surface area contributed by atoms with Gasteiger partial charge < -0.3 is 15.0 Å². The molecule has 1 N–H and O–H groups in total. The fourth-order valence-corrected chi connectivity index (χ4v) is 3.79. The zero-order valence-electron chi connectivity index (χ0n) is 16.3. The minimum atomic E-state index is 0.327. The van der Waals surface area contributed by atoms with Crippen LogP contribution in [0.2, 0.25) is 0 Å². The van der Waals surface area contributed by atoms with E-state index >= 15 is 0 Å². The van der Waals surface area contributed by atoms with Gasteiger partial charge in [-0.1, -0.05) is 25.7 Å². The summed E-state index contributed by atoms with van der Waals surface area (Å²) in [6.07, 6.45) is 10.0. The number of pyridine rings is 2. The molecule has 0 bridgehead atoms. The maximum atomic E-state index is 10.7. The van der Waals surface area contributed by atoms with Crippen LogP contribution in [0.5, 0.6) is 0 Å². The third-order valence-corrected chi connectivity index (χ3v) is 5.66. The molecule has 0 saturated carbocycles. The standard InChI is InChI=1S/C23H26N4O/c1-16-3-4-19(15-17(16)2)24-22-7-5-21-20(25-22)6-8-23(26-21)27-12-9-18(10-13-27)11-14-28/h3-8,14-15,17-18H,1,9-13H2,2H3,(H,24,25). The Kier molecular flexibility index (Phi) is 5.24. The number of hydrogen-bond acceptors (Lipinski definition) is 5. The van der Waals surface area contributed by atoms with E-state index in [-0.39, 0.29) is 0 Å². The van der Waals surface area contributed by atoms with E-state index in [4.69, 9.17) is 9.97 Å². The van der Waals surface area contributed by atoms with E-state index < -0.39 is 0 Å². The van der Waals surface area contributed by atoms with Gasteiger partial charge in [0.25, 0.3) is 0 Å². The molecule has 1 aliphatic heterocycles. The fourth-order valence-electron chi connectivity index (χ4n) is 3.79. The number of nitrogens with zero attached hydrogens (tertiary/aromatic N) is 3. The number of allylic oxidation sites excluding steroid dienone is 4. The van der Waals surface area contributed by atoms with E-state index in [1.165, 1.54) is 0 Å². The van der Waals surface area contributed by atoms with Crippen LogP contribution in [0.3, 0.4) is 0 Å². The highest BCUT2D eigenvalue weighted by Crippen LogP contribution is 2.26. The number of piperidine rings is 1. The van der Waals surface area contributed by atoms with Crippen LogP contribution in [-0.4, -0.2) is 29.3 Å². The average molecular weight is 374 g/mol. The largest absolute Gasteiger partial charge is 0.357 e. The topological polar surface area (TPSA) is 58.1 Å². The molecule has 28 heavy (non-hydrogen) atoms. The first kappa shape index (κ1) is 18.4. The molecule has 0 spiro atoms. The number of carbonyl (C=O) groups excluding carboxylic acids is 1. The number of aldehydes is 1.